The van der Waals surface area contributed by atoms with Gasteiger partial charge in [0, 0.05) is 17.5 Å². The first-order chi connectivity index (χ1) is 12.2. The molecule has 1 aliphatic rings. The molecule has 0 radical (unpaired) electrons. The summed E-state index contributed by atoms with van der Waals surface area (Å²) in [6.07, 6.45) is 0.352. The molecule has 26 heavy (non-hydrogen) atoms. The molecule has 2 rings (SSSR count). The van der Waals surface area contributed by atoms with Crippen molar-refractivity contribution in [2.45, 2.75) is 18.0 Å². The number of aliphatic hydroxyl groups excluding tert-OH is 1. The number of rotatable bonds is 5. The molecular formula is C17H20N2O6S. The number of nitrogens with one attached hydrogen (secondary N) is 1. The van der Waals surface area contributed by atoms with Gasteiger partial charge < -0.3 is 20.9 Å². The number of ether oxygens (including phenoxy) is 1. The Hall–Kier alpha value is -2.41. The van der Waals surface area contributed by atoms with Gasteiger partial charge in [0.05, 0.1) is 30.8 Å². The van der Waals surface area contributed by atoms with Crippen molar-refractivity contribution in [1.29, 1.82) is 0 Å². The Labute approximate surface area is 151 Å². The van der Waals surface area contributed by atoms with Crippen molar-refractivity contribution in [1.82, 2.24) is 5.32 Å². The molecule has 8 nitrogen and oxygen atoms in total. The SMILES string of the molecule is COC(=O)C(NC(=O)c1ccc(C#CCCO)cc1)C1(N)CS(=O)(=O)C1. The summed E-state index contributed by atoms with van der Waals surface area (Å²) in [6.45, 7) is -0.0288. The minimum absolute atomic E-state index is 0.0288. The molecule has 1 atom stereocenters. The van der Waals surface area contributed by atoms with Crippen LogP contribution in [0.15, 0.2) is 24.3 Å². The maximum atomic E-state index is 12.4. The van der Waals surface area contributed by atoms with E-state index in [2.05, 4.69) is 21.9 Å². The third-order valence-corrected chi connectivity index (χ3v) is 5.84. The molecule has 1 amide bonds. The quantitative estimate of drug-likeness (QED) is 0.432. The summed E-state index contributed by atoms with van der Waals surface area (Å²) in [7, 11) is -2.17. The second-order valence-corrected chi connectivity index (χ2v) is 8.11. The first-order valence-corrected chi connectivity index (χ1v) is 9.61. The Morgan fingerprint density at radius 1 is 1.35 bits per heavy atom. The van der Waals surface area contributed by atoms with Crippen molar-refractivity contribution in [3.05, 3.63) is 35.4 Å². The highest BCUT2D eigenvalue weighted by molar-refractivity contribution is 7.93. The Morgan fingerprint density at radius 2 is 1.96 bits per heavy atom. The van der Waals surface area contributed by atoms with Crippen LogP contribution in [0, 0.1) is 11.8 Å². The predicted octanol–water partition coefficient (Wildman–Crippen LogP) is -1.18. The highest BCUT2D eigenvalue weighted by Gasteiger charge is 2.54. The summed E-state index contributed by atoms with van der Waals surface area (Å²) in [5, 5.41) is 11.2. The van der Waals surface area contributed by atoms with Gasteiger partial charge in [0.1, 0.15) is 6.04 Å². The summed E-state index contributed by atoms with van der Waals surface area (Å²) < 4.78 is 27.5. The van der Waals surface area contributed by atoms with Crippen LogP contribution in [0.1, 0.15) is 22.3 Å². The maximum absolute atomic E-state index is 12.4. The molecule has 0 aliphatic carbocycles. The molecule has 0 aromatic heterocycles. The summed E-state index contributed by atoms with van der Waals surface area (Å²) in [4.78, 5) is 24.4. The first kappa shape index (κ1) is 19.9. The number of amides is 1. The molecule has 9 heteroatoms. The number of carbonyl (C=O) groups excluding carboxylic acids is 2. The summed E-state index contributed by atoms with van der Waals surface area (Å²) in [6, 6.07) is 5.02. The molecular weight excluding hydrogens is 360 g/mol. The van der Waals surface area contributed by atoms with E-state index >= 15 is 0 Å². The molecule has 1 fully saturated rings. The van der Waals surface area contributed by atoms with E-state index in [1.165, 1.54) is 12.1 Å². The van der Waals surface area contributed by atoms with Crippen molar-refractivity contribution in [3.8, 4) is 11.8 Å². The Kier molecular flexibility index (Phi) is 6.02. The van der Waals surface area contributed by atoms with E-state index in [1.54, 1.807) is 12.1 Å². The maximum Gasteiger partial charge on any atom is 0.330 e. The third kappa shape index (κ3) is 4.60. The highest BCUT2D eigenvalue weighted by atomic mass is 32.2. The second kappa shape index (κ2) is 7.86. The van der Waals surface area contributed by atoms with Gasteiger partial charge in [-0.05, 0) is 24.3 Å². The molecule has 0 saturated carbocycles. The zero-order valence-electron chi connectivity index (χ0n) is 14.2. The van der Waals surface area contributed by atoms with E-state index in [0.717, 1.165) is 7.11 Å². The van der Waals surface area contributed by atoms with Crippen LogP contribution in [-0.2, 0) is 19.4 Å². The first-order valence-electron chi connectivity index (χ1n) is 7.78. The minimum Gasteiger partial charge on any atom is -0.467 e. The van der Waals surface area contributed by atoms with E-state index in [9.17, 15) is 18.0 Å². The van der Waals surface area contributed by atoms with Crippen LogP contribution in [0.3, 0.4) is 0 Å². The number of esters is 1. The van der Waals surface area contributed by atoms with Gasteiger partial charge in [-0.2, -0.15) is 0 Å². The van der Waals surface area contributed by atoms with Crippen LogP contribution in [0.25, 0.3) is 0 Å². The van der Waals surface area contributed by atoms with Gasteiger partial charge in [0.25, 0.3) is 5.91 Å². The van der Waals surface area contributed by atoms with Crippen LogP contribution in [0.2, 0.25) is 0 Å². The zero-order valence-corrected chi connectivity index (χ0v) is 15.0. The fourth-order valence-corrected chi connectivity index (χ4v) is 4.52. The zero-order chi connectivity index (χ0) is 19.4. The van der Waals surface area contributed by atoms with Gasteiger partial charge in [-0.3, -0.25) is 4.79 Å². The van der Waals surface area contributed by atoms with E-state index < -0.39 is 44.8 Å². The summed E-state index contributed by atoms with van der Waals surface area (Å²) >= 11 is 0. The van der Waals surface area contributed by atoms with Gasteiger partial charge in [-0.1, -0.05) is 11.8 Å². The topological polar surface area (TPSA) is 136 Å². The van der Waals surface area contributed by atoms with Crippen LogP contribution >= 0.6 is 0 Å². The standard InChI is InChI=1S/C17H20N2O6S/c1-25-16(22)14(17(18)10-26(23,24)11-17)19-15(21)13-7-5-12(6-8-13)4-2-3-9-20/h5-8,14,20H,3,9-11,18H2,1H3,(H,19,21). The van der Waals surface area contributed by atoms with Gasteiger partial charge >= 0.3 is 5.97 Å². The largest absolute Gasteiger partial charge is 0.467 e. The Morgan fingerprint density at radius 3 is 2.46 bits per heavy atom. The number of hydrogen-bond acceptors (Lipinski definition) is 7. The molecule has 140 valence electrons. The number of benzene rings is 1. The molecule has 1 aromatic rings. The number of hydrogen-bond donors (Lipinski definition) is 3. The lowest BCUT2D eigenvalue weighted by atomic mass is 9.94. The predicted molar refractivity (Wildman–Crippen MR) is 93.9 cm³/mol. The monoisotopic (exact) mass is 380 g/mol. The lowest BCUT2D eigenvalue weighted by Crippen LogP contribution is -2.74. The third-order valence-electron chi connectivity index (χ3n) is 3.88. The Balaban J connectivity index is 2.12. The van der Waals surface area contributed by atoms with Gasteiger partial charge in [0.2, 0.25) is 0 Å². The van der Waals surface area contributed by atoms with Crippen LogP contribution in [-0.4, -0.2) is 62.2 Å². The van der Waals surface area contributed by atoms with Crippen LogP contribution < -0.4 is 11.1 Å². The van der Waals surface area contributed by atoms with Crippen molar-refractivity contribution in [2.75, 3.05) is 25.2 Å². The molecule has 0 bridgehead atoms. The number of nitrogens with two attached hydrogens (primary N) is 1. The fraction of sp³-hybridized carbons (Fsp3) is 0.412. The van der Waals surface area contributed by atoms with Crippen molar-refractivity contribution >= 4 is 21.7 Å². The van der Waals surface area contributed by atoms with E-state index in [4.69, 9.17) is 10.8 Å². The second-order valence-electron chi connectivity index (χ2n) is 6.05. The van der Waals surface area contributed by atoms with E-state index in [0.29, 0.717) is 12.0 Å². The fourth-order valence-electron chi connectivity index (χ4n) is 2.64. The molecule has 1 aromatic carbocycles. The lowest BCUT2D eigenvalue weighted by Gasteiger charge is -2.42. The number of aliphatic hydroxyl groups is 1. The normalized spacial score (nSPS) is 17.8. The average Bonchev–Trinajstić information content (AvgIpc) is 2.57. The van der Waals surface area contributed by atoms with Gasteiger partial charge in [-0.25, -0.2) is 13.2 Å². The van der Waals surface area contributed by atoms with Crippen molar-refractivity contribution < 1.29 is 27.9 Å². The van der Waals surface area contributed by atoms with Crippen LogP contribution in [0.4, 0.5) is 0 Å². The smallest absolute Gasteiger partial charge is 0.330 e. The van der Waals surface area contributed by atoms with Crippen molar-refractivity contribution in [2.24, 2.45) is 5.73 Å². The number of methoxy groups -OCH3 is 1. The summed E-state index contributed by atoms with van der Waals surface area (Å²) in [5.41, 5.74) is 5.52. The molecule has 4 N–H and O–H groups in total. The number of carbonyl (C=O) groups is 2. The molecule has 1 saturated heterocycles. The van der Waals surface area contributed by atoms with E-state index in [1.807, 2.05) is 0 Å². The lowest BCUT2D eigenvalue weighted by molar-refractivity contribution is -0.144. The van der Waals surface area contributed by atoms with Gasteiger partial charge in [-0.15, -0.1) is 0 Å². The van der Waals surface area contributed by atoms with Crippen LogP contribution in [0.5, 0.6) is 0 Å². The highest BCUT2D eigenvalue weighted by Crippen LogP contribution is 2.25. The molecule has 1 unspecified atom stereocenters. The molecule has 1 aliphatic heterocycles. The Bertz CT molecular complexity index is 839. The van der Waals surface area contributed by atoms with E-state index in [-0.39, 0.29) is 12.2 Å². The average molecular weight is 380 g/mol. The number of sulfone groups is 1. The summed E-state index contributed by atoms with van der Waals surface area (Å²) in [5.74, 6) is 3.40. The van der Waals surface area contributed by atoms with Crippen molar-refractivity contribution in [3.63, 3.8) is 0 Å². The van der Waals surface area contributed by atoms with Gasteiger partial charge in [0.15, 0.2) is 9.84 Å². The minimum atomic E-state index is -3.31. The molecule has 1 heterocycles. The molecule has 0 spiro atoms.